The number of primary amides is 1. The topological polar surface area (TPSA) is 104 Å². The Hall–Kier alpha value is -0.950. The molecule has 0 spiro atoms. The monoisotopic (exact) mass is 277 g/mol. The molecule has 106 valence electrons. The van der Waals surface area contributed by atoms with Crippen molar-refractivity contribution in [2.24, 2.45) is 5.73 Å². The summed E-state index contributed by atoms with van der Waals surface area (Å²) in [5, 5.41) is 14.2. The normalized spacial score (nSPS) is 13.7. The maximum atomic E-state index is 11.8. The standard InChI is InChI=1S/C11H23N3O3S/c1-8(15)4-3-6-13-10(16)9(5-7-18-2)14-11(12)17/h8-9,15H,3-7H2,1-2H3,(H,13,16)(H3,12,14,17). The summed E-state index contributed by atoms with van der Waals surface area (Å²) in [5.74, 6) is 0.542. The van der Waals surface area contributed by atoms with Crippen molar-refractivity contribution in [3.05, 3.63) is 0 Å². The number of nitrogens with two attached hydrogens (primary N) is 1. The van der Waals surface area contributed by atoms with Crippen LogP contribution in [0.25, 0.3) is 0 Å². The number of aliphatic hydroxyl groups excluding tert-OH is 1. The van der Waals surface area contributed by atoms with Crippen LogP contribution in [0.4, 0.5) is 4.79 Å². The van der Waals surface area contributed by atoms with E-state index in [0.29, 0.717) is 25.8 Å². The molecule has 0 aliphatic heterocycles. The molecule has 0 saturated carbocycles. The zero-order chi connectivity index (χ0) is 14.0. The Morgan fingerprint density at radius 1 is 1.39 bits per heavy atom. The number of hydrogen-bond acceptors (Lipinski definition) is 4. The van der Waals surface area contributed by atoms with Gasteiger partial charge in [0.1, 0.15) is 6.04 Å². The molecule has 0 bridgehead atoms. The molecule has 3 amide bonds. The van der Waals surface area contributed by atoms with E-state index in [4.69, 9.17) is 10.8 Å². The fraction of sp³-hybridized carbons (Fsp3) is 0.818. The minimum atomic E-state index is -0.694. The summed E-state index contributed by atoms with van der Waals surface area (Å²) < 4.78 is 0. The van der Waals surface area contributed by atoms with E-state index >= 15 is 0 Å². The summed E-state index contributed by atoms with van der Waals surface area (Å²) in [6, 6.07) is -1.28. The molecular formula is C11H23N3O3S. The molecular weight excluding hydrogens is 254 g/mol. The lowest BCUT2D eigenvalue weighted by atomic mass is 10.2. The molecule has 7 heteroatoms. The summed E-state index contributed by atoms with van der Waals surface area (Å²) >= 11 is 1.60. The number of nitrogens with one attached hydrogen (secondary N) is 2. The summed E-state index contributed by atoms with van der Waals surface area (Å²) in [7, 11) is 0. The molecule has 5 N–H and O–H groups in total. The average Bonchev–Trinajstić information content (AvgIpc) is 2.29. The molecule has 0 fully saturated rings. The third-order valence-corrected chi connectivity index (χ3v) is 2.99. The zero-order valence-corrected chi connectivity index (χ0v) is 11.8. The first-order valence-electron chi connectivity index (χ1n) is 5.98. The van der Waals surface area contributed by atoms with Crippen LogP contribution in [0.5, 0.6) is 0 Å². The van der Waals surface area contributed by atoms with Gasteiger partial charge in [0.05, 0.1) is 6.10 Å². The van der Waals surface area contributed by atoms with E-state index in [1.807, 2.05) is 6.26 Å². The molecule has 2 atom stereocenters. The van der Waals surface area contributed by atoms with Crippen molar-refractivity contribution in [3.63, 3.8) is 0 Å². The van der Waals surface area contributed by atoms with Crippen LogP contribution in [-0.2, 0) is 4.79 Å². The summed E-state index contributed by atoms with van der Waals surface area (Å²) in [4.78, 5) is 22.6. The molecule has 0 aromatic heterocycles. The van der Waals surface area contributed by atoms with Crippen molar-refractivity contribution in [1.29, 1.82) is 0 Å². The Morgan fingerprint density at radius 2 is 2.06 bits per heavy atom. The first-order chi connectivity index (χ1) is 8.47. The first kappa shape index (κ1) is 17.1. The SMILES string of the molecule is CSCCC(NC(N)=O)C(=O)NCCCC(C)O. The van der Waals surface area contributed by atoms with Gasteiger partial charge in [-0.25, -0.2) is 4.79 Å². The molecule has 0 rings (SSSR count). The largest absolute Gasteiger partial charge is 0.393 e. The maximum absolute atomic E-state index is 11.8. The Morgan fingerprint density at radius 3 is 2.56 bits per heavy atom. The van der Waals surface area contributed by atoms with Gasteiger partial charge in [-0.1, -0.05) is 0 Å². The maximum Gasteiger partial charge on any atom is 0.312 e. The van der Waals surface area contributed by atoms with E-state index in [1.54, 1.807) is 18.7 Å². The van der Waals surface area contributed by atoms with Gasteiger partial charge in [-0.3, -0.25) is 4.79 Å². The second kappa shape index (κ2) is 10.0. The van der Waals surface area contributed by atoms with Crippen LogP contribution in [0.2, 0.25) is 0 Å². The number of carbonyl (C=O) groups is 2. The number of hydrogen-bond donors (Lipinski definition) is 4. The molecule has 18 heavy (non-hydrogen) atoms. The van der Waals surface area contributed by atoms with Crippen molar-refractivity contribution >= 4 is 23.7 Å². The second-order valence-corrected chi connectivity index (χ2v) is 5.11. The molecule has 6 nitrogen and oxygen atoms in total. The molecule has 0 aromatic rings. The van der Waals surface area contributed by atoms with Gasteiger partial charge >= 0.3 is 6.03 Å². The predicted octanol–water partition coefficient (Wildman–Crippen LogP) is 0.0536. The van der Waals surface area contributed by atoms with Crippen LogP contribution in [0.1, 0.15) is 26.2 Å². The average molecular weight is 277 g/mol. The molecule has 0 heterocycles. The third-order valence-electron chi connectivity index (χ3n) is 2.34. The summed E-state index contributed by atoms with van der Waals surface area (Å²) in [6.07, 6.45) is 3.46. The number of carbonyl (C=O) groups excluding carboxylic acids is 2. The van der Waals surface area contributed by atoms with Crippen molar-refractivity contribution in [2.45, 2.75) is 38.3 Å². The molecule has 0 aliphatic carbocycles. The Labute approximate surface area is 112 Å². The van der Waals surface area contributed by atoms with Gasteiger partial charge in [0.2, 0.25) is 5.91 Å². The number of aliphatic hydroxyl groups is 1. The summed E-state index contributed by atoms with van der Waals surface area (Å²) in [5.41, 5.74) is 5.03. The van der Waals surface area contributed by atoms with Crippen LogP contribution >= 0.6 is 11.8 Å². The van der Waals surface area contributed by atoms with Crippen molar-refractivity contribution in [1.82, 2.24) is 10.6 Å². The lowest BCUT2D eigenvalue weighted by molar-refractivity contribution is -0.122. The van der Waals surface area contributed by atoms with E-state index < -0.39 is 12.1 Å². The minimum Gasteiger partial charge on any atom is -0.393 e. The minimum absolute atomic E-state index is 0.228. The lowest BCUT2D eigenvalue weighted by Crippen LogP contribution is -2.49. The van der Waals surface area contributed by atoms with Gasteiger partial charge in [0.15, 0.2) is 0 Å². The van der Waals surface area contributed by atoms with Crippen LogP contribution in [-0.4, -0.2) is 47.7 Å². The van der Waals surface area contributed by atoms with E-state index in [-0.39, 0.29) is 12.0 Å². The summed E-state index contributed by atoms with van der Waals surface area (Å²) in [6.45, 7) is 2.19. The quantitative estimate of drug-likeness (QED) is 0.447. The van der Waals surface area contributed by atoms with Gasteiger partial charge in [-0.15, -0.1) is 0 Å². The highest BCUT2D eigenvalue weighted by molar-refractivity contribution is 7.98. The highest BCUT2D eigenvalue weighted by atomic mass is 32.2. The van der Waals surface area contributed by atoms with Crippen molar-refractivity contribution in [2.75, 3.05) is 18.6 Å². The molecule has 0 radical (unpaired) electrons. The fourth-order valence-electron chi connectivity index (χ4n) is 1.41. The van der Waals surface area contributed by atoms with E-state index in [9.17, 15) is 9.59 Å². The smallest absolute Gasteiger partial charge is 0.312 e. The van der Waals surface area contributed by atoms with Crippen molar-refractivity contribution < 1.29 is 14.7 Å². The number of thioether (sulfide) groups is 1. The van der Waals surface area contributed by atoms with Crippen LogP contribution < -0.4 is 16.4 Å². The fourth-order valence-corrected chi connectivity index (χ4v) is 1.88. The third kappa shape index (κ3) is 9.12. The Kier molecular flexibility index (Phi) is 9.49. The van der Waals surface area contributed by atoms with E-state index in [2.05, 4.69) is 10.6 Å². The van der Waals surface area contributed by atoms with Crippen LogP contribution in [0, 0.1) is 0 Å². The van der Waals surface area contributed by atoms with Gasteiger partial charge in [0.25, 0.3) is 0 Å². The van der Waals surface area contributed by atoms with E-state index in [1.165, 1.54) is 0 Å². The molecule has 2 unspecified atom stereocenters. The number of amides is 3. The van der Waals surface area contributed by atoms with Crippen LogP contribution in [0.3, 0.4) is 0 Å². The van der Waals surface area contributed by atoms with Crippen LogP contribution in [0.15, 0.2) is 0 Å². The zero-order valence-electron chi connectivity index (χ0n) is 10.9. The Bertz CT molecular complexity index is 262. The number of rotatable bonds is 9. The van der Waals surface area contributed by atoms with Gasteiger partial charge in [-0.05, 0) is 38.2 Å². The van der Waals surface area contributed by atoms with Crippen molar-refractivity contribution in [3.8, 4) is 0 Å². The highest BCUT2D eigenvalue weighted by Crippen LogP contribution is 2.01. The highest BCUT2D eigenvalue weighted by Gasteiger charge is 2.18. The predicted molar refractivity (Wildman–Crippen MR) is 73.4 cm³/mol. The molecule has 0 aromatic carbocycles. The first-order valence-corrected chi connectivity index (χ1v) is 7.37. The number of urea groups is 1. The molecule has 0 aliphatic rings. The van der Waals surface area contributed by atoms with Gasteiger partial charge in [0, 0.05) is 6.54 Å². The van der Waals surface area contributed by atoms with E-state index in [0.717, 1.165) is 5.75 Å². The Balaban J connectivity index is 3.99. The lowest BCUT2D eigenvalue weighted by Gasteiger charge is -2.16. The van der Waals surface area contributed by atoms with Gasteiger partial charge in [-0.2, -0.15) is 11.8 Å². The second-order valence-electron chi connectivity index (χ2n) is 4.12. The molecule has 0 saturated heterocycles. The van der Waals surface area contributed by atoms with Gasteiger partial charge < -0.3 is 21.5 Å².